The van der Waals surface area contributed by atoms with Gasteiger partial charge in [0.2, 0.25) is 0 Å². The fraction of sp³-hybridized carbons (Fsp3) is 0.786. The molecule has 0 aromatic rings. The number of ether oxygens (including phenoxy) is 1. The highest BCUT2D eigenvalue weighted by Gasteiger charge is 2.19. The summed E-state index contributed by atoms with van der Waals surface area (Å²) in [7, 11) is -0.963. The van der Waals surface area contributed by atoms with E-state index in [1.165, 1.54) is 18.9 Å². The predicted molar refractivity (Wildman–Crippen MR) is 76.9 cm³/mol. The first kappa shape index (κ1) is 16.4. The second-order valence-electron chi connectivity index (χ2n) is 6.10. The lowest BCUT2D eigenvalue weighted by atomic mass is 10.0. The summed E-state index contributed by atoms with van der Waals surface area (Å²) >= 11 is 0. The maximum atomic E-state index is 11.2. The summed E-state index contributed by atoms with van der Waals surface area (Å²) in [5.74, 6) is 0.536. The van der Waals surface area contributed by atoms with E-state index in [4.69, 9.17) is 4.74 Å². The van der Waals surface area contributed by atoms with Crippen molar-refractivity contribution in [1.29, 1.82) is 0 Å². The van der Waals surface area contributed by atoms with Gasteiger partial charge in [0.1, 0.15) is 0 Å². The lowest BCUT2D eigenvalue weighted by Gasteiger charge is -2.23. The SMILES string of the molecule is C=C(C)C(=O)OCCCC(CC)C[Si](C)(C)C. The zero-order chi connectivity index (χ0) is 13.5. The summed E-state index contributed by atoms with van der Waals surface area (Å²) in [6, 6.07) is 1.37. The van der Waals surface area contributed by atoms with Crippen LogP contribution in [-0.2, 0) is 9.53 Å². The van der Waals surface area contributed by atoms with Crippen LogP contribution in [0.15, 0.2) is 12.2 Å². The Morgan fingerprint density at radius 3 is 2.35 bits per heavy atom. The van der Waals surface area contributed by atoms with Gasteiger partial charge in [-0.05, 0) is 25.7 Å². The van der Waals surface area contributed by atoms with Gasteiger partial charge < -0.3 is 4.74 Å². The largest absolute Gasteiger partial charge is 0.462 e. The molecule has 0 aromatic heterocycles. The highest BCUT2D eigenvalue weighted by molar-refractivity contribution is 6.76. The van der Waals surface area contributed by atoms with Crippen molar-refractivity contribution in [1.82, 2.24) is 0 Å². The molecule has 1 unspecified atom stereocenters. The Hall–Kier alpha value is -0.573. The maximum Gasteiger partial charge on any atom is 0.333 e. The van der Waals surface area contributed by atoms with Crippen molar-refractivity contribution in [2.45, 2.75) is 58.8 Å². The number of rotatable bonds is 8. The van der Waals surface area contributed by atoms with Crippen LogP contribution in [0.25, 0.3) is 0 Å². The molecule has 0 heterocycles. The lowest BCUT2D eigenvalue weighted by molar-refractivity contribution is -0.139. The van der Waals surface area contributed by atoms with Crippen LogP contribution in [0, 0.1) is 5.92 Å². The summed E-state index contributed by atoms with van der Waals surface area (Å²) in [5.41, 5.74) is 0.485. The number of carbonyl (C=O) groups excluding carboxylic acids is 1. The van der Waals surface area contributed by atoms with Crippen LogP contribution in [0.5, 0.6) is 0 Å². The molecule has 2 nitrogen and oxygen atoms in total. The van der Waals surface area contributed by atoms with Gasteiger partial charge in [-0.25, -0.2) is 4.79 Å². The Morgan fingerprint density at radius 2 is 1.94 bits per heavy atom. The Bertz CT molecular complexity index is 253. The zero-order valence-electron chi connectivity index (χ0n) is 12.1. The quantitative estimate of drug-likeness (QED) is 0.281. The molecule has 17 heavy (non-hydrogen) atoms. The van der Waals surface area contributed by atoms with E-state index in [-0.39, 0.29) is 5.97 Å². The maximum absolute atomic E-state index is 11.2. The van der Waals surface area contributed by atoms with Crippen molar-refractivity contribution in [3.05, 3.63) is 12.2 Å². The molecule has 0 radical (unpaired) electrons. The van der Waals surface area contributed by atoms with Gasteiger partial charge in [-0.2, -0.15) is 0 Å². The van der Waals surface area contributed by atoms with Gasteiger partial charge in [-0.3, -0.25) is 0 Å². The molecule has 0 fully saturated rings. The van der Waals surface area contributed by atoms with Crippen molar-refractivity contribution in [2.75, 3.05) is 6.61 Å². The molecule has 0 aliphatic carbocycles. The number of hydrogen-bond acceptors (Lipinski definition) is 2. The molecule has 0 aromatic carbocycles. The van der Waals surface area contributed by atoms with Crippen LogP contribution in [0.4, 0.5) is 0 Å². The normalized spacial score (nSPS) is 13.2. The van der Waals surface area contributed by atoms with Crippen molar-refractivity contribution in [3.8, 4) is 0 Å². The lowest BCUT2D eigenvalue weighted by Crippen LogP contribution is -2.23. The molecule has 0 N–H and O–H groups in total. The van der Waals surface area contributed by atoms with E-state index in [9.17, 15) is 4.79 Å². The molecule has 1 atom stereocenters. The summed E-state index contributed by atoms with van der Waals surface area (Å²) in [6.45, 7) is 15.3. The molecule has 100 valence electrons. The molecular weight excluding hydrogens is 228 g/mol. The van der Waals surface area contributed by atoms with E-state index in [2.05, 4.69) is 33.1 Å². The van der Waals surface area contributed by atoms with Gasteiger partial charge in [-0.1, -0.05) is 45.6 Å². The van der Waals surface area contributed by atoms with Gasteiger partial charge in [0.05, 0.1) is 6.61 Å². The highest BCUT2D eigenvalue weighted by Crippen LogP contribution is 2.23. The Kier molecular flexibility index (Phi) is 7.44. The van der Waals surface area contributed by atoms with Crippen LogP contribution < -0.4 is 0 Å². The molecule has 0 saturated heterocycles. The highest BCUT2D eigenvalue weighted by atomic mass is 28.3. The first-order valence-electron chi connectivity index (χ1n) is 6.59. The number of esters is 1. The Morgan fingerprint density at radius 1 is 1.35 bits per heavy atom. The van der Waals surface area contributed by atoms with Gasteiger partial charge in [-0.15, -0.1) is 0 Å². The predicted octanol–water partition coefficient (Wildman–Crippen LogP) is 4.25. The first-order valence-corrected chi connectivity index (χ1v) is 10.3. The van der Waals surface area contributed by atoms with Crippen LogP contribution in [0.1, 0.15) is 33.1 Å². The molecule has 0 rings (SSSR count). The standard InChI is InChI=1S/C14H28O2Si/c1-7-13(11-17(4,5)6)9-8-10-16-14(15)12(2)3/h13H,2,7-11H2,1,3-6H3. The minimum atomic E-state index is -0.963. The zero-order valence-corrected chi connectivity index (χ0v) is 13.1. The van der Waals surface area contributed by atoms with Crippen molar-refractivity contribution in [3.63, 3.8) is 0 Å². The molecule has 3 heteroatoms. The topological polar surface area (TPSA) is 26.3 Å². The fourth-order valence-electron chi connectivity index (χ4n) is 1.98. The first-order chi connectivity index (χ1) is 7.76. The van der Waals surface area contributed by atoms with E-state index in [1.54, 1.807) is 6.92 Å². The van der Waals surface area contributed by atoms with E-state index >= 15 is 0 Å². The van der Waals surface area contributed by atoms with Gasteiger partial charge in [0.15, 0.2) is 0 Å². The molecule has 0 saturated carbocycles. The second-order valence-corrected chi connectivity index (χ2v) is 11.6. The third kappa shape index (κ3) is 9.16. The average molecular weight is 256 g/mol. The summed E-state index contributed by atoms with van der Waals surface area (Å²) in [4.78, 5) is 11.2. The van der Waals surface area contributed by atoms with Crippen molar-refractivity contribution < 1.29 is 9.53 Å². The van der Waals surface area contributed by atoms with Crippen LogP contribution in [0.2, 0.25) is 25.7 Å². The van der Waals surface area contributed by atoms with E-state index in [0.717, 1.165) is 12.3 Å². The average Bonchev–Trinajstić information content (AvgIpc) is 2.20. The molecule has 0 bridgehead atoms. The van der Waals surface area contributed by atoms with E-state index < -0.39 is 8.07 Å². The molecule has 0 amide bonds. The second kappa shape index (κ2) is 7.70. The molecule has 0 spiro atoms. The summed E-state index contributed by atoms with van der Waals surface area (Å²) in [5, 5.41) is 0. The third-order valence-corrected chi connectivity index (χ3v) is 4.62. The minimum absolute atomic E-state index is 0.261. The third-order valence-electron chi connectivity index (χ3n) is 2.82. The summed E-state index contributed by atoms with van der Waals surface area (Å²) in [6.07, 6.45) is 3.38. The van der Waals surface area contributed by atoms with Gasteiger partial charge in [0, 0.05) is 13.6 Å². The Labute approximate surface area is 107 Å². The van der Waals surface area contributed by atoms with Crippen LogP contribution in [-0.4, -0.2) is 20.7 Å². The summed E-state index contributed by atoms with van der Waals surface area (Å²) < 4.78 is 5.10. The number of hydrogen-bond donors (Lipinski definition) is 0. The van der Waals surface area contributed by atoms with Crippen LogP contribution in [0.3, 0.4) is 0 Å². The fourth-order valence-corrected chi connectivity index (χ4v) is 4.20. The van der Waals surface area contributed by atoms with Crippen LogP contribution >= 0.6 is 0 Å². The van der Waals surface area contributed by atoms with Gasteiger partial charge >= 0.3 is 5.97 Å². The smallest absolute Gasteiger partial charge is 0.333 e. The number of carbonyl (C=O) groups is 1. The van der Waals surface area contributed by atoms with Crippen molar-refractivity contribution in [2.24, 2.45) is 5.92 Å². The minimum Gasteiger partial charge on any atom is -0.462 e. The van der Waals surface area contributed by atoms with Crippen molar-refractivity contribution >= 4 is 14.0 Å². The molecule has 0 aliphatic rings. The van der Waals surface area contributed by atoms with E-state index in [0.29, 0.717) is 12.2 Å². The van der Waals surface area contributed by atoms with E-state index in [1.807, 2.05) is 0 Å². The Balaban J connectivity index is 3.78. The van der Waals surface area contributed by atoms with Gasteiger partial charge in [0.25, 0.3) is 0 Å². The molecule has 0 aliphatic heterocycles. The monoisotopic (exact) mass is 256 g/mol. The molecular formula is C14H28O2Si.